The summed E-state index contributed by atoms with van der Waals surface area (Å²) in [6.45, 7) is 3.52. The molecule has 182 valence electrons. The monoisotopic (exact) mass is 492 g/mol. The number of hydrogen-bond acceptors (Lipinski definition) is 7. The van der Waals surface area contributed by atoms with Crippen LogP contribution in [-0.4, -0.2) is 53.6 Å². The molecule has 9 heteroatoms. The second-order valence-electron chi connectivity index (χ2n) is 8.53. The van der Waals surface area contributed by atoms with E-state index in [4.69, 9.17) is 35.9 Å². The SMILES string of the molecule is COc1ccc(-c2noc(C3=C(C)N(CC4CCCO4)C(=S)NC3c3ccccc3)n2)cc1OC. The number of thiocarbonyl (C=S) groups is 1. The van der Waals surface area contributed by atoms with Crippen LogP contribution in [0.1, 0.15) is 37.3 Å². The standard InChI is InChI=1S/C26H28N4O4S/c1-16-22(25-28-24(29-34-25)18-11-12-20(31-2)21(14-18)32-3)23(17-8-5-4-6-9-17)27-26(35)30(16)15-19-10-7-13-33-19/h4-6,8-9,11-12,14,19,23H,7,10,13,15H2,1-3H3,(H,27,35). The number of nitrogens with zero attached hydrogens (tertiary/aromatic N) is 3. The third-order valence-electron chi connectivity index (χ3n) is 6.44. The van der Waals surface area contributed by atoms with Gasteiger partial charge in [-0.15, -0.1) is 0 Å². The average Bonchev–Trinajstić information content (AvgIpc) is 3.59. The molecule has 1 saturated heterocycles. The Morgan fingerprint density at radius 2 is 1.91 bits per heavy atom. The number of methoxy groups -OCH3 is 2. The van der Waals surface area contributed by atoms with Gasteiger partial charge in [0.05, 0.1) is 38.5 Å². The fraction of sp³-hybridized carbons (Fsp3) is 0.346. The lowest BCUT2D eigenvalue weighted by atomic mass is 9.94. The van der Waals surface area contributed by atoms with Gasteiger partial charge in [-0.25, -0.2) is 0 Å². The van der Waals surface area contributed by atoms with E-state index >= 15 is 0 Å². The Bertz CT molecular complexity index is 1240. The van der Waals surface area contributed by atoms with Gasteiger partial charge in [0.1, 0.15) is 0 Å². The zero-order valence-corrected chi connectivity index (χ0v) is 20.8. The van der Waals surface area contributed by atoms with Crippen molar-refractivity contribution in [1.29, 1.82) is 0 Å². The second-order valence-corrected chi connectivity index (χ2v) is 8.92. The molecule has 1 aromatic heterocycles. The van der Waals surface area contributed by atoms with Gasteiger partial charge in [-0.3, -0.25) is 0 Å². The van der Waals surface area contributed by atoms with E-state index in [0.29, 0.717) is 34.9 Å². The van der Waals surface area contributed by atoms with Crippen molar-refractivity contribution in [2.24, 2.45) is 0 Å². The molecule has 0 radical (unpaired) electrons. The zero-order chi connectivity index (χ0) is 24.4. The lowest BCUT2D eigenvalue weighted by Crippen LogP contribution is -2.48. The summed E-state index contributed by atoms with van der Waals surface area (Å²) in [5, 5.41) is 8.44. The summed E-state index contributed by atoms with van der Waals surface area (Å²) in [6.07, 6.45) is 2.23. The largest absolute Gasteiger partial charge is 0.493 e. The fourth-order valence-corrected chi connectivity index (χ4v) is 4.92. The molecule has 2 atom stereocenters. The van der Waals surface area contributed by atoms with Crippen molar-refractivity contribution in [2.75, 3.05) is 27.4 Å². The van der Waals surface area contributed by atoms with E-state index in [1.807, 2.05) is 43.3 Å². The lowest BCUT2D eigenvalue weighted by molar-refractivity contribution is 0.0962. The highest BCUT2D eigenvalue weighted by Gasteiger charge is 2.35. The number of hydrogen-bond donors (Lipinski definition) is 1. The highest BCUT2D eigenvalue weighted by molar-refractivity contribution is 7.80. The molecular weight excluding hydrogens is 464 g/mol. The second kappa shape index (κ2) is 10.1. The van der Waals surface area contributed by atoms with E-state index in [9.17, 15) is 0 Å². The van der Waals surface area contributed by atoms with E-state index in [2.05, 4.69) is 27.5 Å². The number of rotatable bonds is 7. The molecule has 1 fully saturated rings. The highest BCUT2D eigenvalue weighted by atomic mass is 32.1. The molecule has 0 amide bonds. The normalized spacial score (nSPS) is 20.2. The lowest BCUT2D eigenvalue weighted by Gasteiger charge is -2.38. The summed E-state index contributed by atoms with van der Waals surface area (Å²) in [5.41, 5.74) is 3.69. The number of allylic oxidation sites excluding steroid dienone is 1. The van der Waals surface area contributed by atoms with E-state index in [1.54, 1.807) is 14.2 Å². The summed E-state index contributed by atoms with van der Waals surface area (Å²) in [5.74, 6) is 2.14. The fourth-order valence-electron chi connectivity index (χ4n) is 4.59. The molecule has 35 heavy (non-hydrogen) atoms. The van der Waals surface area contributed by atoms with Crippen LogP contribution < -0.4 is 14.8 Å². The smallest absolute Gasteiger partial charge is 0.258 e. The minimum atomic E-state index is -0.219. The van der Waals surface area contributed by atoms with E-state index in [0.717, 1.165) is 41.8 Å². The van der Waals surface area contributed by atoms with Crippen LogP contribution in [0.4, 0.5) is 0 Å². The average molecular weight is 493 g/mol. The van der Waals surface area contributed by atoms with Gasteiger partial charge in [-0.2, -0.15) is 4.98 Å². The summed E-state index contributed by atoms with van der Waals surface area (Å²) >= 11 is 5.78. The van der Waals surface area contributed by atoms with Crippen molar-refractivity contribution in [1.82, 2.24) is 20.4 Å². The predicted molar refractivity (Wildman–Crippen MR) is 136 cm³/mol. The van der Waals surface area contributed by atoms with Crippen molar-refractivity contribution in [2.45, 2.75) is 31.9 Å². The van der Waals surface area contributed by atoms with E-state index in [1.165, 1.54) is 0 Å². The first kappa shape index (κ1) is 23.3. The first-order chi connectivity index (χ1) is 17.1. The van der Waals surface area contributed by atoms with Gasteiger partial charge < -0.3 is 29.0 Å². The topological polar surface area (TPSA) is 81.9 Å². The third kappa shape index (κ3) is 4.61. The van der Waals surface area contributed by atoms with Crippen LogP contribution in [0.5, 0.6) is 11.5 Å². The molecular formula is C26H28N4O4S. The molecule has 1 N–H and O–H groups in total. The first-order valence-corrected chi connectivity index (χ1v) is 12.0. The zero-order valence-electron chi connectivity index (χ0n) is 20.0. The molecule has 3 heterocycles. The maximum absolute atomic E-state index is 5.88. The Hall–Kier alpha value is -3.43. The molecule has 2 aliphatic rings. The van der Waals surface area contributed by atoms with Crippen LogP contribution >= 0.6 is 12.2 Å². The van der Waals surface area contributed by atoms with E-state index < -0.39 is 0 Å². The summed E-state index contributed by atoms with van der Waals surface area (Å²) in [4.78, 5) is 6.86. The Morgan fingerprint density at radius 1 is 1.11 bits per heavy atom. The van der Waals surface area contributed by atoms with Gasteiger partial charge in [0.2, 0.25) is 5.82 Å². The molecule has 0 bridgehead atoms. The molecule has 3 aromatic rings. The summed E-state index contributed by atoms with van der Waals surface area (Å²) in [6, 6.07) is 15.5. The van der Waals surface area contributed by atoms with Gasteiger partial charge in [0.15, 0.2) is 16.6 Å². The number of ether oxygens (including phenoxy) is 3. The molecule has 2 aliphatic heterocycles. The van der Waals surface area contributed by atoms with Crippen LogP contribution in [0.15, 0.2) is 58.8 Å². The van der Waals surface area contributed by atoms with Crippen LogP contribution in [-0.2, 0) is 4.74 Å². The van der Waals surface area contributed by atoms with Crippen LogP contribution in [0.2, 0.25) is 0 Å². The van der Waals surface area contributed by atoms with Gasteiger partial charge in [-0.05, 0) is 55.7 Å². The molecule has 0 aliphatic carbocycles. The third-order valence-corrected chi connectivity index (χ3v) is 6.78. The van der Waals surface area contributed by atoms with Crippen molar-refractivity contribution in [3.05, 3.63) is 65.7 Å². The predicted octanol–water partition coefficient (Wildman–Crippen LogP) is 4.60. The van der Waals surface area contributed by atoms with Crippen LogP contribution in [0, 0.1) is 0 Å². The Morgan fingerprint density at radius 3 is 2.63 bits per heavy atom. The molecule has 2 aromatic carbocycles. The molecule has 5 rings (SSSR count). The van der Waals surface area contributed by atoms with Gasteiger partial charge in [0, 0.05) is 17.9 Å². The number of nitrogens with one attached hydrogen (secondary N) is 1. The van der Waals surface area contributed by atoms with Crippen molar-refractivity contribution < 1.29 is 18.7 Å². The van der Waals surface area contributed by atoms with E-state index in [-0.39, 0.29) is 12.1 Å². The maximum Gasteiger partial charge on any atom is 0.258 e. The minimum absolute atomic E-state index is 0.143. The molecule has 8 nitrogen and oxygen atoms in total. The molecule has 0 spiro atoms. The van der Waals surface area contributed by atoms with Gasteiger partial charge in [0.25, 0.3) is 5.89 Å². The summed E-state index contributed by atoms with van der Waals surface area (Å²) in [7, 11) is 3.20. The van der Waals surface area contributed by atoms with Crippen LogP contribution in [0.3, 0.4) is 0 Å². The first-order valence-electron chi connectivity index (χ1n) is 11.6. The molecule has 0 saturated carbocycles. The Balaban J connectivity index is 1.55. The van der Waals surface area contributed by atoms with Gasteiger partial charge in [-0.1, -0.05) is 35.5 Å². The minimum Gasteiger partial charge on any atom is -0.493 e. The Labute approximate surface area is 209 Å². The maximum atomic E-state index is 5.88. The van der Waals surface area contributed by atoms with Crippen molar-refractivity contribution >= 4 is 22.9 Å². The number of aromatic nitrogens is 2. The quantitative estimate of drug-likeness (QED) is 0.476. The Kier molecular flexibility index (Phi) is 6.70. The van der Waals surface area contributed by atoms with Crippen LogP contribution in [0.25, 0.3) is 17.0 Å². The van der Waals surface area contributed by atoms with Crippen molar-refractivity contribution in [3.8, 4) is 22.9 Å². The molecule has 2 unspecified atom stereocenters. The van der Waals surface area contributed by atoms with Crippen molar-refractivity contribution in [3.63, 3.8) is 0 Å². The number of benzene rings is 2. The summed E-state index contributed by atoms with van der Waals surface area (Å²) < 4.78 is 22.5. The highest BCUT2D eigenvalue weighted by Crippen LogP contribution is 2.38. The van der Waals surface area contributed by atoms with Gasteiger partial charge >= 0.3 is 0 Å².